The lowest BCUT2D eigenvalue weighted by atomic mass is 9.98. The number of oxazole rings is 1. The predicted octanol–water partition coefficient (Wildman–Crippen LogP) is 7.16. The molecule has 0 N–H and O–H groups in total. The van der Waals surface area contributed by atoms with Crippen molar-refractivity contribution in [3.8, 4) is 45.2 Å². The summed E-state index contributed by atoms with van der Waals surface area (Å²) >= 11 is 0. The summed E-state index contributed by atoms with van der Waals surface area (Å²) in [7, 11) is 0. The topological polar surface area (TPSA) is 43.1 Å². The number of carbonyl (C=O) groups is 1. The molecule has 5 rings (SSSR count). The van der Waals surface area contributed by atoms with Crippen LogP contribution in [0.15, 0.2) is 114 Å². The van der Waals surface area contributed by atoms with Crippen LogP contribution in [0.4, 0.5) is 0 Å². The minimum Gasteiger partial charge on any atom is -0.435 e. The molecule has 0 aliphatic rings. The molecule has 31 heavy (non-hydrogen) atoms. The van der Waals surface area contributed by atoms with Gasteiger partial charge in [-0.05, 0) is 23.3 Å². The van der Waals surface area contributed by atoms with E-state index in [9.17, 15) is 4.79 Å². The van der Waals surface area contributed by atoms with Gasteiger partial charge in [0.15, 0.2) is 5.76 Å². The van der Waals surface area contributed by atoms with E-state index in [1.54, 1.807) is 6.07 Å². The van der Waals surface area contributed by atoms with E-state index >= 15 is 0 Å². The lowest BCUT2D eigenvalue weighted by Crippen LogP contribution is -1.87. The van der Waals surface area contributed by atoms with Crippen molar-refractivity contribution in [3.05, 3.63) is 115 Å². The monoisotopic (exact) mass is 401 g/mol. The van der Waals surface area contributed by atoms with E-state index in [4.69, 9.17) is 9.40 Å². The van der Waals surface area contributed by atoms with Crippen LogP contribution in [-0.4, -0.2) is 11.3 Å². The van der Waals surface area contributed by atoms with Gasteiger partial charge in [-0.3, -0.25) is 4.79 Å². The van der Waals surface area contributed by atoms with E-state index < -0.39 is 0 Å². The Morgan fingerprint density at radius 1 is 0.613 bits per heavy atom. The van der Waals surface area contributed by atoms with E-state index in [0.29, 0.717) is 11.5 Å². The summed E-state index contributed by atoms with van der Waals surface area (Å²) in [5.41, 5.74) is 6.20. The normalized spacial score (nSPS) is 10.7. The van der Waals surface area contributed by atoms with Crippen LogP contribution in [0, 0.1) is 0 Å². The van der Waals surface area contributed by atoms with Crippen molar-refractivity contribution >= 4 is 6.29 Å². The fraction of sp³-hybridized carbons (Fsp3) is 0. The van der Waals surface area contributed by atoms with E-state index in [1.807, 2.05) is 103 Å². The number of hydrogen-bond acceptors (Lipinski definition) is 3. The first-order valence-corrected chi connectivity index (χ1v) is 10.1. The number of rotatable bonds is 5. The van der Waals surface area contributed by atoms with Crippen LogP contribution in [0.1, 0.15) is 10.4 Å². The average molecular weight is 401 g/mol. The Labute approximate surface area is 180 Å². The van der Waals surface area contributed by atoms with Gasteiger partial charge in [0, 0.05) is 22.3 Å². The molecule has 4 aromatic carbocycles. The molecule has 1 heterocycles. The second-order valence-electron chi connectivity index (χ2n) is 7.22. The zero-order valence-electron chi connectivity index (χ0n) is 16.7. The van der Waals surface area contributed by atoms with Crippen LogP contribution in [-0.2, 0) is 0 Å². The van der Waals surface area contributed by atoms with Crippen molar-refractivity contribution < 1.29 is 9.21 Å². The highest BCUT2D eigenvalue weighted by Crippen LogP contribution is 2.39. The quantitative estimate of drug-likeness (QED) is 0.294. The maximum Gasteiger partial charge on any atom is 0.227 e. The Bertz CT molecular complexity index is 1280. The molecule has 0 saturated carbocycles. The summed E-state index contributed by atoms with van der Waals surface area (Å²) in [5, 5.41) is 0. The molecule has 1 aromatic heterocycles. The van der Waals surface area contributed by atoms with Gasteiger partial charge in [0.1, 0.15) is 12.0 Å². The van der Waals surface area contributed by atoms with E-state index in [2.05, 4.69) is 0 Å². The van der Waals surface area contributed by atoms with Crippen LogP contribution in [0.25, 0.3) is 45.2 Å². The van der Waals surface area contributed by atoms with Gasteiger partial charge >= 0.3 is 0 Å². The number of carbonyl (C=O) groups excluding carboxylic acids is 1. The lowest BCUT2D eigenvalue weighted by Gasteiger charge is -2.07. The number of aromatic nitrogens is 1. The minimum atomic E-state index is 0.546. The maximum atomic E-state index is 11.3. The Morgan fingerprint density at radius 3 is 1.94 bits per heavy atom. The molecule has 0 bridgehead atoms. The number of aldehydes is 1. The fourth-order valence-electron chi connectivity index (χ4n) is 3.71. The van der Waals surface area contributed by atoms with Gasteiger partial charge in [-0.25, -0.2) is 4.98 Å². The molecule has 3 heteroatoms. The number of hydrogen-bond donors (Lipinski definition) is 0. The Morgan fingerprint density at radius 2 is 1.23 bits per heavy atom. The summed E-state index contributed by atoms with van der Waals surface area (Å²) in [6, 6.07) is 35.6. The highest BCUT2D eigenvalue weighted by molar-refractivity contribution is 5.86. The van der Waals surface area contributed by atoms with Crippen molar-refractivity contribution in [1.29, 1.82) is 0 Å². The third kappa shape index (κ3) is 3.69. The molecule has 0 unspecified atom stereocenters. The first kappa shape index (κ1) is 18.8. The summed E-state index contributed by atoms with van der Waals surface area (Å²) in [5.74, 6) is 1.28. The SMILES string of the molecule is O=Cc1cccc(-c2ccccc2-c2nc(-c3ccccc3)c(-c3ccccc3)o2)c1. The third-order valence-corrected chi connectivity index (χ3v) is 5.20. The molecular weight excluding hydrogens is 382 g/mol. The van der Waals surface area contributed by atoms with Crippen molar-refractivity contribution in [1.82, 2.24) is 4.98 Å². The van der Waals surface area contributed by atoms with Gasteiger partial charge in [0.2, 0.25) is 5.89 Å². The Hall–Kier alpha value is -4.24. The van der Waals surface area contributed by atoms with Crippen LogP contribution >= 0.6 is 0 Å². The molecule has 0 aliphatic heterocycles. The molecule has 0 spiro atoms. The highest BCUT2D eigenvalue weighted by Gasteiger charge is 2.20. The zero-order chi connectivity index (χ0) is 21.0. The van der Waals surface area contributed by atoms with Crippen LogP contribution in [0.2, 0.25) is 0 Å². The van der Waals surface area contributed by atoms with Crippen LogP contribution < -0.4 is 0 Å². The molecule has 0 radical (unpaired) electrons. The number of benzene rings is 4. The molecular formula is C28H19NO2. The van der Waals surface area contributed by atoms with Gasteiger partial charge in [0.05, 0.1) is 0 Å². The molecule has 3 nitrogen and oxygen atoms in total. The Balaban J connectivity index is 1.71. The van der Waals surface area contributed by atoms with Gasteiger partial charge < -0.3 is 4.42 Å². The van der Waals surface area contributed by atoms with Gasteiger partial charge in [-0.15, -0.1) is 0 Å². The third-order valence-electron chi connectivity index (χ3n) is 5.20. The van der Waals surface area contributed by atoms with Gasteiger partial charge in [-0.2, -0.15) is 0 Å². The highest BCUT2D eigenvalue weighted by atomic mass is 16.4. The second kappa shape index (κ2) is 8.25. The Kier molecular flexibility index (Phi) is 4.99. The van der Waals surface area contributed by atoms with Crippen molar-refractivity contribution in [2.45, 2.75) is 0 Å². The number of nitrogens with zero attached hydrogens (tertiary/aromatic N) is 1. The average Bonchev–Trinajstić information content (AvgIpc) is 3.31. The molecule has 0 amide bonds. The van der Waals surface area contributed by atoms with Crippen LogP contribution in [0.5, 0.6) is 0 Å². The van der Waals surface area contributed by atoms with Gasteiger partial charge in [-0.1, -0.05) is 97.1 Å². The summed E-state index contributed by atoms with van der Waals surface area (Å²) in [6.45, 7) is 0. The summed E-state index contributed by atoms with van der Waals surface area (Å²) in [4.78, 5) is 16.2. The minimum absolute atomic E-state index is 0.546. The van der Waals surface area contributed by atoms with E-state index in [-0.39, 0.29) is 0 Å². The molecule has 0 atom stereocenters. The van der Waals surface area contributed by atoms with E-state index in [1.165, 1.54) is 0 Å². The maximum absolute atomic E-state index is 11.3. The second-order valence-corrected chi connectivity index (χ2v) is 7.22. The smallest absolute Gasteiger partial charge is 0.227 e. The van der Waals surface area contributed by atoms with E-state index in [0.717, 1.165) is 45.6 Å². The zero-order valence-corrected chi connectivity index (χ0v) is 16.7. The summed E-state index contributed by atoms with van der Waals surface area (Å²) in [6.07, 6.45) is 0.859. The molecule has 0 aliphatic carbocycles. The lowest BCUT2D eigenvalue weighted by molar-refractivity contribution is 0.112. The standard InChI is InChI=1S/C28H19NO2/c30-19-20-10-9-15-23(18-20)24-16-7-8-17-25(24)28-29-26(21-11-3-1-4-12-21)27(31-28)22-13-5-2-6-14-22/h1-19H. The molecule has 5 aromatic rings. The predicted molar refractivity (Wildman–Crippen MR) is 124 cm³/mol. The van der Waals surface area contributed by atoms with Crippen LogP contribution in [0.3, 0.4) is 0 Å². The largest absolute Gasteiger partial charge is 0.435 e. The first-order valence-electron chi connectivity index (χ1n) is 10.1. The van der Waals surface area contributed by atoms with Crippen molar-refractivity contribution in [2.24, 2.45) is 0 Å². The van der Waals surface area contributed by atoms with Gasteiger partial charge in [0.25, 0.3) is 0 Å². The van der Waals surface area contributed by atoms with Crippen molar-refractivity contribution in [3.63, 3.8) is 0 Å². The molecule has 0 fully saturated rings. The molecule has 148 valence electrons. The van der Waals surface area contributed by atoms with Crippen molar-refractivity contribution in [2.75, 3.05) is 0 Å². The summed E-state index contributed by atoms with van der Waals surface area (Å²) < 4.78 is 6.38. The first-order chi connectivity index (χ1) is 15.3. The molecule has 0 saturated heterocycles. The fourth-order valence-corrected chi connectivity index (χ4v) is 3.71.